The number of cyclic esters (lactones) is 2. The van der Waals surface area contributed by atoms with Gasteiger partial charge in [-0.15, -0.1) is 0 Å². The van der Waals surface area contributed by atoms with Gasteiger partial charge < -0.3 is 19.7 Å². The lowest BCUT2D eigenvalue weighted by atomic mass is 10.0. The molecule has 0 saturated carbocycles. The zero-order valence-electron chi connectivity index (χ0n) is 23.5. The third kappa shape index (κ3) is 8.10. The Kier molecular flexibility index (Phi) is 10.2. The van der Waals surface area contributed by atoms with Crippen molar-refractivity contribution < 1.29 is 28.7 Å². The Labute approximate surface area is 255 Å². The second kappa shape index (κ2) is 14.6. The predicted molar refractivity (Wildman–Crippen MR) is 162 cm³/mol. The molecule has 0 bridgehead atoms. The molecular weight excluding hydrogens is 570 g/mol. The molecule has 9 nitrogen and oxygen atoms in total. The van der Waals surface area contributed by atoms with Crippen LogP contribution in [0.2, 0.25) is 5.02 Å². The van der Waals surface area contributed by atoms with E-state index in [0.29, 0.717) is 11.6 Å². The molecule has 2 heterocycles. The Morgan fingerprint density at radius 2 is 1.58 bits per heavy atom. The number of unbranched alkanes of at least 4 members (excludes halogenated alkanes) is 1. The van der Waals surface area contributed by atoms with Gasteiger partial charge in [-0.25, -0.2) is 15.1 Å². The smallest absolute Gasteiger partial charge is 0.336 e. The Bertz CT molecular complexity index is 1540. The van der Waals surface area contributed by atoms with E-state index in [0.717, 1.165) is 55.6 Å². The van der Waals surface area contributed by atoms with Gasteiger partial charge in [-0.2, -0.15) is 0 Å². The van der Waals surface area contributed by atoms with E-state index in [9.17, 15) is 14.4 Å². The molecule has 43 heavy (non-hydrogen) atoms. The van der Waals surface area contributed by atoms with Gasteiger partial charge in [-0.05, 0) is 67.1 Å². The molecule has 2 aliphatic rings. The number of para-hydroxylation sites is 1. The van der Waals surface area contributed by atoms with Gasteiger partial charge in [-0.3, -0.25) is 9.63 Å². The Hall–Kier alpha value is -4.44. The number of ether oxygens (including phenoxy) is 2. The van der Waals surface area contributed by atoms with Gasteiger partial charge in [0.05, 0.1) is 13.2 Å². The number of rotatable bonds is 11. The van der Waals surface area contributed by atoms with Crippen molar-refractivity contribution in [3.8, 4) is 0 Å². The first-order valence-electron chi connectivity index (χ1n) is 14.1. The summed E-state index contributed by atoms with van der Waals surface area (Å²) in [4.78, 5) is 44.7. The summed E-state index contributed by atoms with van der Waals surface area (Å²) < 4.78 is 10.5. The Morgan fingerprint density at radius 3 is 2.40 bits per heavy atom. The molecule has 0 radical (unpaired) electrons. The maximum Gasteiger partial charge on any atom is 0.336 e. The molecule has 0 atom stereocenters. The summed E-state index contributed by atoms with van der Waals surface area (Å²) in [5, 5.41) is 3.89. The van der Waals surface area contributed by atoms with Gasteiger partial charge in [-0.1, -0.05) is 66.2 Å². The molecule has 0 fully saturated rings. The third-order valence-corrected chi connectivity index (χ3v) is 7.28. The van der Waals surface area contributed by atoms with Crippen LogP contribution in [0.15, 0.2) is 96.5 Å². The van der Waals surface area contributed by atoms with Crippen LogP contribution < -0.4 is 15.7 Å². The van der Waals surface area contributed by atoms with E-state index in [1.165, 1.54) is 16.8 Å². The summed E-state index contributed by atoms with van der Waals surface area (Å²) in [6, 6.07) is 23.7. The summed E-state index contributed by atoms with van der Waals surface area (Å²) >= 11 is 6.38. The van der Waals surface area contributed by atoms with E-state index in [4.69, 9.17) is 25.9 Å². The van der Waals surface area contributed by atoms with Crippen LogP contribution >= 0.6 is 11.6 Å². The standard InChI is InChI=1S/C33H32ClN3O6/c34-26-15-14-25-13-12-24-10-4-5-11-27(24)37(28(25)20-26)19-7-6-18-35-21-29-32(43-31(39)17-16-30(38)42-29)33(40)36-41-22-23-8-2-1-3-9-23/h1-5,8-11,14-17,20,35H,6-7,12-13,18-19,21-22H2,(H,36,40)/b17-16-,32-29+. The number of aryl methyl sites for hydroxylation is 2. The average Bonchev–Trinajstić information content (AvgIpc) is 3.16. The van der Waals surface area contributed by atoms with Gasteiger partial charge in [0.25, 0.3) is 0 Å². The zero-order valence-corrected chi connectivity index (χ0v) is 24.3. The first kappa shape index (κ1) is 30.0. The largest absolute Gasteiger partial charge is 0.422 e. The normalized spacial score (nSPS) is 17.0. The fourth-order valence-corrected chi connectivity index (χ4v) is 5.14. The summed E-state index contributed by atoms with van der Waals surface area (Å²) in [5.41, 5.74) is 7.95. The van der Waals surface area contributed by atoms with Crippen molar-refractivity contribution in [1.29, 1.82) is 0 Å². The van der Waals surface area contributed by atoms with Crippen LogP contribution in [0.25, 0.3) is 0 Å². The highest BCUT2D eigenvalue weighted by Gasteiger charge is 2.25. The van der Waals surface area contributed by atoms with E-state index in [1.54, 1.807) is 0 Å². The summed E-state index contributed by atoms with van der Waals surface area (Å²) in [5.74, 6) is -3.07. The van der Waals surface area contributed by atoms with E-state index >= 15 is 0 Å². The van der Waals surface area contributed by atoms with Crippen LogP contribution in [-0.2, 0) is 48.1 Å². The number of hydroxylamine groups is 1. The number of halogens is 1. The molecule has 0 saturated heterocycles. The maximum absolute atomic E-state index is 12.9. The molecule has 0 spiro atoms. The van der Waals surface area contributed by atoms with Gasteiger partial charge in [0, 0.05) is 35.1 Å². The summed E-state index contributed by atoms with van der Waals surface area (Å²) in [7, 11) is 0. The third-order valence-electron chi connectivity index (χ3n) is 7.04. The van der Waals surface area contributed by atoms with E-state index in [2.05, 4.69) is 46.0 Å². The quantitative estimate of drug-likeness (QED) is 0.178. The number of hydrogen-bond acceptors (Lipinski definition) is 8. The van der Waals surface area contributed by atoms with Crippen LogP contribution in [-0.4, -0.2) is 37.5 Å². The fraction of sp³-hybridized carbons (Fsp3) is 0.242. The van der Waals surface area contributed by atoms with Crippen molar-refractivity contribution in [3.63, 3.8) is 0 Å². The van der Waals surface area contributed by atoms with Gasteiger partial charge in [0.15, 0.2) is 5.76 Å². The molecular formula is C33H32ClN3O6. The predicted octanol–water partition coefficient (Wildman–Crippen LogP) is 5.06. The highest BCUT2D eigenvalue weighted by atomic mass is 35.5. The van der Waals surface area contributed by atoms with Gasteiger partial charge >= 0.3 is 17.8 Å². The van der Waals surface area contributed by atoms with Crippen molar-refractivity contribution in [3.05, 3.63) is 118 Å². The number of carbonyl (C=O) groups is 3. The second-order valence-corrected chi connectivity index (χ2v) is 10.5. The molecule has 5 rings (SSSR count). The fourth-order valence-electron chi connectivity index (χ4n) is 4.97. The van der Waals surface area contributed by atoms with E-state index in [-0.39, 0.29) is 18.9 Å². The molecule has 3 aromatic rings. The average molecular weight is 602 g/mol. The highest BCUT2D eigenvalue weighted by molar-refractivity contribution is 6.30. The van der Waals surface area contributed by atoms with Crippen LogP contribution in [0.4, 0.5) is 11.4 Å². The first-order valence-corrected chi connectivity index (χ1v) is 14.5. The molecule has 2 aliphatic heterocycles. The minimum Gasteiger partial charge on any atom is -0.422 e. The molecule has 3 aromatic carbocycles. The molecule has 0 aromatic heterocycles. The van der Waals surface area contributed by atoms with Crippen molar-refractivity contribution in [2.24, 2.45) is 0 Å². The second-order valence-electron chi connectivity index (χ2n) is 10.1. The number of esters is 2. The molecule has 1 amide bonds. The van der Waals surface area contributed by atoms with Crippen LogP contribution in [0, 0.1) is 0 Å². The van der Waals surface area contributed by atoms with E-state index in [1.807, 2.05) is 42.5 Å². The molecule has 2 N–H and O–H groups in total. The number of anilines is 2. The topological polar surface area (TPSA) is 106 Å². The number of benzene rings is 3. The lowest BCUT2D eigenvalue weighted by Crippen LogP contribution is -2.32. The summed E-state index contributed by atoms with van der Waals surface area (Å²) in [6.07, 6.45) is 5.40. The maximum atomic E-state index is 12.9. The molecule has 222 valence electrons. The number of nitrogens with zero attached hydrogens (tertiary/aromatic N) is 1. The lowest BCUT2D eigenvalue weighted by Gasteiger charge is -2.27. The molecule has 0 unspecified atom stereocenters. The number of amides is 1. The SMILES string of the molecule is O=C1/C=C\C(=O)O/C(C(=O)NOCc2ccccc2)=C(\CNCCCCN2c3ccccc3CCc3ccc(Cl)cc32)O1. The van der Waals surface area contributed by atoms with Crippen molar-refractivity contribution >= 4 is 40.8 Å². The van der Waals surface area contributed by atoms with Gasteiger partial charge in [0.1, 0.15) is 0 Å². The highest BCUT2D eigenvalue weighted by Crippen LogP contribution is 2.37. The van der Waals surface area contributed by atoms with E-state index < -0.39 is 23.6 Å². The Balaban J connectivity index is 1.19. The van der Waals surface area contributed by atoms with Crippen molar-refractivity contribution in [2.75, 3.05) is 24.5 Å². The van der Waals surface area contributed by atoms with Gasteiger partial charge in [0.2, 0.25) is 5.76 Å². The van der Waals surface area contributed by atoms with Crippen LogP contribution in [0.1, 0.15) is 29.5 Å². The molecule has 0 aliphatic carbocycles. The number of fused-ring (bicyclic) bond motifs is 2. The van der Waals surface area contributed by atoms with Crippen LogP contribution in [0.5, 0.6) is 0 Å². The number of nitrogens with one attached hydrogen (secondary N) is 2. The van der Waals surface area contributed by atoms with Crippen LogP contribution in [0.3, 0.4) is 0 Å². The monoisotopic (exact) mass is 601 g/mol. The number of carbonyl (C=O) groups excluding carboxylic acids is 3. The lowest BCUT2D eigenvalue weighted by molar-refractivity contribution is -0.146. The molecule has 10 heteroatoms. The summed E-state index contributed by atoms with van der Waals surface area (Å²) in [6.45, 7) is 1.42. The number of hydrogen-bond donors (Lipinski definition) is 2. The minimum atomic E-state index is -0.875. The van der Waals surface area contributed by atoms with Crippen molar-refractivity contribution in [1.82, 2.24) is 10.8 Å². The Morgan fingerprint density at radius 1 is 0.860 bits per heavy atom. The first-order chi connectivity index (χ1) is 21.0. The zero-order chi connectivity index (χ0) is 30.0. The van der Waals surface area contributed by atoms with Crippen molar-refractivity contribution in [2.45, 2.75) is 32.3 Å². The minimum absolute atomic E-state index is 0.0146.